The minimum Gasteiger partial charge on any atom is -0.389 e. The first kappa shape index (κ1) is 10.5. The van der Waals surface area contributed by atoms with E-state index in [2.05, 4.69) is 11.8 Å². The van der Waals surface area contributed by atoms with E-state index in [9.17, 15) is 5.11 Å². The van der Waals surface area contributed by atoms with Gasteiger partial charge in [-0.1, -0.05) is 11.8 Å². The second-order valence-electron chi connectivity index (χ2n) is 3.85. The van der Waals surface area contributed by atoms with Gasteiger partial charge < -0.3 is 10.2 Å². The molecular weight excluding hydrogens is 140 g/mol. The molecule has 0 saturated carbocycles. The van der Waals surface area contributed by atoms with Gasteiger partial charge in [0.25, 0.3) is 0 Å². The van der Waals surface area contributed by atoms with E-state index in [1.807, 2.05) is 0 Å². The van der Waals surface area contributed by atoms with Gasteiger partial charge in [0.1, 0.15) is 5.60 Å². The van der Waals surface area contributed by atoms with Crippen LogP contribution in [0.1, 0.15) is 34.1 Å². The predicted molar refractivity (Wildman–Crippen MR) is 45.0 cm³/mol. The van der Waals surface area contributed by atoms with Gasteiger partial charge in [-0.15, -0.1) is 0 Å². The fraction of sp³-hybridized carbons (Fsp3) is 0.778. The molecule has 0 saturated heterocycles. The predicted octanol–water partition coefficient (Wildman–Crippen LogP) is 0.922. The minimum absolute atomic E-state index is 0.386. The lowest BCUT2D eigenvalue weighted by Crippen LogP contribution is -2.18. The van der Waals surface area contributed by atoms with Crippen molar-refractivity contribution >= 4 is 0 Å². The summed E-state index contributed by atoms with van der Waals surface area (Å²) in [6.45, 7) is 6.60. The van der Waals surface area contributed by atoms with Crippen molar-refractivity contribution in [3.8, 4) is 11.8 Å². The lowest BCUT2D eigenvalue weighted by atomic mass is 10.0. The van der Waals surface area contributed by atoms with Crippen molar-refractivity contribution in [2.45, 2.75) is 45.3 Å². The van der Waals surface area contributed by atoms with Crippen molar-refractivity contribution in [2.24, 2.45) is 0 Å². The Morgan fingerprint density at radius 3 is 1.82 bits per heavy atom. The molecule has 11 heavy (non-hydrogen) atoms. The molecule has 0 aliphatic carbocycles. The summed E-state index contributed by atoms with van der Waals surface area (Å²) in [5, 5.41) is 18.4. The maximum absolute atomic E-state index is 9.23. The molecule has 0 aromatic rings. The van der Waals surface area contributed by atoms with E-state index in [-0.39, 0.29) is 0 Å². The second-order valence-corrected chi connectivity index (χ2v) is 3.85. The summed E-state index contributed by atoms with van der Waals surface area (Å²) in [7, 11) is 0. The molecule has 2 N–H and O–H groups in total. The molecule has 0 aliphatic rings. The van der Waals surface area contributed by atoms with E-state index in [1.165, 1.54) is 0 Å². The van der Waals surface area contributed by atoms with E-state index in [0.717, 1.165) is 0 Å². The summed E-state index contributed by atoms with van der Waals surface area (Å²) in [4.78, 5) is 0. The Labute approximate surface area is 68.2 Å². The fourth-order valence-corrected chi connectivity index (χ4v) is 0.477. The monoisotopic (exact) mass is 156 g/mol. The van der Waals surface area contributed by atoms with Gasteiger partial charge in [0.15, 0.2) is 0 Å². The van der Waals surface area contributed by atoms with Crippen LogP contribution in [0, 0.1) is 11.8 Å². The molecule has 2 heteroatoms. The van der Waals surface area contributed by atoms with Crippen LogP contribution in [0.25, 0.3) is 0 Å². The van der Waals surface area contributed by atoms with Crippen LogP contribution in [-0.2, 0) is 0 Å². The average Bonchev–Trinajstić information content (AvgIpc) is 1.55. The van der Waals surface area contributed by atoms with Gasteiger partial charge in [-0.2, -0.15) is 0 Å². The van der Waals surface area contributed by atoms with Crippen molar-refractivity contribution < 1.29 is 10.2 Å². The molecule has 0 rings (SSSR count). The molecule has 0 spiro atoms. The normalized spacial score (nSPS) is 12.2. The van der Waals surface area contributed by atoms with Crippen molar-refractivity contribution in [1.82, 2.24) is 0 Å². The van der Waals surface area contributed by atoms with Gasteiger partial charge in [0.2, 0.25) is 0 Å². The van der Waals surface area contributed by atoms with Gasteiger partial charge in [0.05, 0.1) is 5.60 Å². The maximum Gasteiger partial charge on any atom is 0.119 e. The molecule has 2 nitrogen and oxygen atoms in total. The van der Waals surface area contributed by atoms with Gasteiger partial charge >= 0.3 is 0 Å². The molecule has 0 aliphatic heterocycles. The first-order valence-electron chi connectivity index (χ1n) is 3.65. The third-order valence-corrected chi connectivity index (χ3v) is 0.915. The third kappa shape index (κ3) is 9.48. The van der Waals surface area contributed by atoms with Gasteiger partial charge in [-0.25, -0.2) is 0 Å². The zero-order valence-electron chi connectivity index (χ0n) is 7.60. The number of hydrogen-bond acceptors (Lipinski definition) is 2. The van der Waals surface area contributed by atoms with Crippen LogP contribution in [0.5, 0.6) is 0 Å². The number of aliphatic hydroxyl groups is 2. The van der Waals surface area contributed by atoms with Crippen molar-refractivity contribution in [1.29, 1.82) is 0 Å². The highest BCUT2D eigenvalue weighted by Crippen LogP contribution is 2.06. The van der Waals surface area contributed by atoms with E-state index in [0.29, 0.717) is 6.42 Å². The van der Waals surface area contributed by atoms with Crippen LogP contribution in [0.4, 0.5) is 0 Å². The van der Waals surface area contributed by atoms with Crippen LogP contribution < -0.4 is 0 Å². The van der Waals surface area contributed by atoms with Gasteiger partial charge in [-0.05, 0) is 27.7 Å². The Balaban J connectivity index is 3.94. The largest absolute Gasteiger partial charge is 0.389 e. The topological polar surface area (TPSA) is 40.5 Å². The summed E-state index contributed by atoms with van der Waals surface area (Å²) in [5.74, 6) is 5.34. The van der Waals surface area contributed by atoms with Crippen molar-refractivity contribution in [3.63, 3.8) is 0 Å². The Hall–Kier alpha value is -0.520. The summed E-state index contributed by atoms with van der Waals surface area (Å²) in [6, 6.07) is 0. The highest BCUT2D eigenvalue weighted by molar-refractivity contribution is 5.11. The molecule has 0 aromatic heterocycles. The van der Waals surface area contributed by atoms with E-state index in [4.69, 9.17) is 5.11 Å². The Kier molecular flexibility index (Phi) is 3.10. The Morgan fingerprint density at radius 2 is 1.55 bits per heavy atom. The molecule has 0 aromatic carbocycles. The van der Waals surface area contributed by atoms with Crippen LogP contribution in [0.15, 0.2) is 0 Å². The Morgan fingerprint density at radius 1 is 1.09 bits per heavy atom. The number of hydrogen-bond donors (Lipinski definition) is 2. The minimum atomic E-state index is -0.953. The van der Waals surface area contributed by atoms with E-state index in [1.54, 1.807) is 27.7 Å². The highest BCUT2D eigenvalue weighted by Gasteiger charge is 2.11. The second kappa shape index (κ2) is 3.25. The standard InChI is InChI=1S/C9H16O2/c1-8(2,10)6-5-7-9(3,4)11/h10-11H,6H2,1-4H3. The molecule has 0 radical (unpaired) electrons. The first-order chi connectivity index (χ1) is 4.71. The molecule has 0 heterocycles. The van der Waals surface area contributed by atoms with Crippen molar-refractivity contribution in [3.05, 3.63) is 0 Å². The smallest absolute Gasteiger partial charge is 0.119 e. The SMILES string of the molecule is CC(C)(O)C#CCC(C)(C)O. The molecule has 0 amide bonds. The van der Waals surface area contributed by atoms with Gasteiger partial charge in [-0.3, -0.25) is 0 Å². The Bertz CT molecular complexity index is 170. The van der Waals surface area contributed by atoms with Gasteiger partial charge in [0, 0.05) is 6.42 Å². The summed E-state index contributed by atoms with van der Waals surface area (Å²) < 4.78 is 0. The zero-order valence-corrected chi connectivity index (χ0v) is 7.60. The van der Waals surface area contributed by atoms with Crippen LogP contribution in [0.3, 0.4) is 0 Å². The third-order valence-electron chi connectivity index (χ3n) is 0.915. The van der Waals surface area contributed by atoms with Crippen LogP contribution >= 0.6 is 0 Å². The zero-order chi connectivity index (χ0) is 9.12. The highest BCUT2D eigenvalue weighted by atomic mass is 16.3. The van der Waals surface area contributed by atoms with Crippen molar-refractivity contribution in [2.75, 3.05) is 0 Å². The summed E-state index contributed by atoms with van der Waals surface area (Å²) in [6.07, 6.45) is 0.386. The van der Waals surface area contributed by atoms with E-state index < -0.39 is 11.2 Å². The number of rotatable bonds is 1. The quantitative estimate of drug-likeness (QED) is 0.554. The lowest BCUT2D eigenvalue weighted by molar-refractivity contribution is 0.0858. The molecule has 0 bridgehead atoms. The lowest BCUT2D eigenvalue weighted by Gasteiger charge is -2.12. The molecular formula is C9H16O2. The molecule has 0 fully saturated rings. The van der Waals surface area contributed by atoms with Crippen LogP contribution in [-0.4, -0.2) is 21.4 Å². The summed E-state index contributed by atoms with van der Waals surface area (Å²) >= 11 is 0. The summed E-state index contributed by atoms with van der Waals surface area (Å²) in [5.41, 5.74) is -1.72. The molecule has 0 unspecified atom stereocenters. The fourth-order valence-electron chi connectivity index (χ4n) is 0.477. The first-order valence-corrected chi connectivity index (χ1v) is 3.65. The maximum atomic E-state index is 9.23. The molecule has 64 valence electrons. The van der Waals surface area contributed by atoms with E-state index >= 15 is 0 Å². The van der Waals surface area contributed by atoms with Crippen LogP contribution in [0.2, 0.25) is 0 Å². The average molecular weight is 156 g/mol. The molecule has 0 atom stereocenters.